The molecule has 0 radical (unpaired) electrons. The zero-order valence-electron chi connectivity index (χ0n) is 11.2. The third kappa shape index (κ3) is 2.45. The van der Waals surface area contributed by atoms with Crippen molar-refractivity contribution >= 4 is 21.8 Å². The Hall–Kier alpha value is -0.830. The molecule has 0 aromatic heterocycles. The molecule has 3 rings (SSSR count). The lowest BCUT2D eigenvalue weighted by Crippen LogP contribution is -2.30. The summed E-state index contributed by atoms with van der Waals surface area (Å²) in [5.74, 6) is 1.97. The van der Waals surface area contributed by atoms with E-state index in [1.165, 1.54) is 24.8 Å². The smallest absolute Gasteiger partial charge is 0.224 e. The maximum atomic E-state index is 12.3. The number of hydrogen-bond acceptors (Lipinski definition) is 1. The SMILES string of the molecule is CC[C@H](NC(=O)C1[C@H]2CCC[C@@H]12)c1ccccc1Br. The monoisotopic (exact) mass is 321 g/mol. The molecule has 1 aromatic rings. The summed E-state index contributed by atoms with van der Waals surface area (Å²) in [7, 11) is 0. The van der Waals surface area contributed by atoms with E-state index in [2.05, 4.69) is 34.2 Å². The summed E-state index contributed by atoms with van der Waals surface area (Å²) in [6, 6.07) is 8.29. The third-order valence-electron chi connectivity index (χ3n) is 4.71. The van der Waals surface area contributed by atoms with Gasteiger partial charge in [0, 0.05) is 10.4 Å². The third-order valence-corrected chi connectivity index (χ3v) is 5.44. The van der Waals surface area contributed by atoms with E-state index < -0.39 is 0 Å². The van der Waals surface area contributed by atoms with E-state index in [9.17, 15) is 4.79 Å². The van der Waals surface area contributed by atoms with E-state index in [0.717, 1.165) is 10.9 Å². The normalized spacial score (nSPS) is 29.7. The van der Waals surface area contributed by atoms with Crippen molar-refractivity contribution in [2.75, 3.05) is 0 Å². The second-order valence-corrected chi connectivity index (χ2v) is 6.63. The van der Waals surface area contributed by atoms with Crippen LogP contribution in [0.5, 0.6) is 0 Å². The average Bonchev–Trinajstić information content (AvgIpc) is 2.90. The van der Waals surface area contributed by atoms with Crippen LogP contribution in [0.3, 0.4) is 0 Å². The summed E-state index contributed by atoms with van der Waals surface area (Å²) in [5, 5.41) is 3.25. The summed E-state index contributed by atoms with van der Waals surface area (Å²) in [6.45, 7) is 2.12. The Morgan fingerprint density at radius 1 is 1.37 bits per heavy atom. The highest BCUT2D eigenvalue weighted by Crippen LogP contribution is 2.57. The van der Waals surface area contributed by atoms with Crippen molar-refractivity contribution in [3.8, 4) is 0 Å². The van der Waals surface area contributed by atoms with Crippen LogP contribution in [0.25, 0.3) is 0 Å². The molecular weight excluding hydrogens is 302 g/mol. The molecule has 1 aromatic carbocycles. The first-order valence-electron chi connectivity index (χ1n) is 7.27. The Labute approximate surface area is 123 Å². The summed E-state index contributed by atoms with van der Waals surface area (Å²) in [6.07, 6.45) is 4.76. The zero-order valence-corrected chi connectivity index (χ0v) is 12.8. The molecule has 2 aliphatic carbocycles. The molecular formula is C16H20BrNO. The Morgan fingerprint density at radius 3 is 2.68 bits per heavy atom. The Morgan fingerprint density at radius 2 is 2.05 bits per heavy atom. The highest BCUT2D eigenvalue weighted by Gasteiger charge is 2.56. The van der Waals surface area contributed by atoms with Crippen LogP contribution in [0.15, 0.2) is 28.7 Å². The van der Waals surface area contributed by atoms with Crippen LogP contribution >= 0.6 is 15.9 Å². The molecule has 3 heteroatoms. The minimum atomic E-state index is 0.129. The largest absolute Gasteiger partial charge is 0.349 e. The Bertz CT molecular complexity index is 477. The summed E-state index contributed by atoms with van der Waals surface area (Å²) < 4.78 is 1.08. The summed E-state index contributed by atoms with van der Waals surface area (Å²) in [5.41, 5.74) is 1.18. The van der Waals surface area contributed by atoms with Crippen LogP contribution in [0, 0.1) is 17.8 Å². The fraction of sp³-hybridized carbons (Fsp3) is 0.562. The number of carbonyl (C=O) groups excluding carboxylic acids is 1. The van der Waals surface area contributed by atoms with Gasteiger partial charge in [-0.25, -0.2) is 0 Å². The van der Waals surface area contributed by atoms with Gasteiger partial charge >= 0.3 is 0 Å². The van der Waals surface area contributed by atoms with Crippen LogP contribution in [-0.4, -0.2) is 5.91 Å². The van der Waals surface area contributed by atoms with Crippen molar-refractivity contribution in [3.05, 3.63) is 34.3 Å². The van der Waals surface area contributed by atoms with E-state index >= 15 is 0 Å². The van der Waals surface area contributed by atoms with Gasteiger partial charge in [0.25, 0.3) is 0 Å². The number of halogens is 1. The lowest BCUT2D eigenvalue weighted by molar-refractivity contribution is -0.123. The number of amides is 1. The second kappa shape index (κ2) is 5.28. The molecule has 2 nitrogen and oxygen atoms in total. The fourth-order valence-electron chi connectivity index (χ4n) is 3.64. The van der Waals surface area contributed by atoms with Gasteiger partial charge in [-0.3, -0.25) is 4.79 Å². The van der Waals surface area contributed by atoms with Crippen LogP contribution in [0.1, 0.15) is 44.2 Å². The molecule has 4 atom stereocenters. The van der Waals surface area contributed by atoms with Crippen molar-refractivity contribution in [3.63, 3.8) is 0 Å². The first kappa shape index (κ1) is 13.2. The van der Waals surface area contributed by atoms with Crippen LogP contribution in [-0.2, 0) is 4.79 Å². The van der Waals surface area contributed by atoms with Crippen LogP contribution in [0.4, 0.5) is 0 Å². The standard InChI is InChI=1S/C16H20BrNO/c1-2-14(12-6-3-4-9-13(12)17)18-16(19)15-10-7-5-8-11(10)15/h3-4,6,9-11,14-15H,2,5,7-8H2,1H3,(H,18,19)/t10-,11+,14-,15?/m0/s1. The van der Waals surface area contributed by atoms with E-state index in [1.807, 2.05) is 18.2 Å². The highest BCUT2D eigenvalue weighted by atomic mass is 79.9. The maximum absolute atomic E-state index is 12.3. The number of fused-ring (bicyclic) bond motifs is 1. The van der Waals surface area contributed by atoms with E-state index in [4.69, 9.17) is 0 Å². The quantitative estimate of drug-likeness (QED) is 0.890. The number of nitrogens with one attached hydrogen (secondary N) is 1. The lowest BCUT2D eigenvalue weighted by Gasteiger charge is -2.19. The minimum absolute atomic E-state index is 0.129. The summed E-state index contributed by atoms with van der Waals surface area (Å²) in [4.78, 5) is 12.3. The molecule has 102 valence electrons. The van der Waals surface area contributed by atoms with Gasteiger partial charge in [0.05, 0.1) is 6.04 Å². The Balaban J connectivity index is 1.67. The molecule has 0 spiro atoms. The molecule has 0 saturated heterocycles. The Kier molecular flexibility index (Phi) is 3.66. The average molecular weight is 322 g/mol. The van der Waals surface area contributed by atoms with E-state index in [-0.39, 0.29) is 11.9 Å². The highest BCUT2D eigenvalue weighted by molar-refractivity contribution is 9.10. The molecule has 0 bridgehead atoms. The van der Waals surface area contributed by atoms with Crippen molar-refractivity contribution in [1.82, 2.24) is 5.32 Å². The fourth-order valence-corrected chi connectivity index (χ4v) is 4.20. The molecule has 0 aliphatic heterocycles. The van der Waals surface area contributed by atoms with E-state index in [1.54, 1.807) is 0 Å². The van der Waals surface area contributed by atoms with Crippen molar-refractivity contribution < 1.29 is 4.79 Å². The predicted molar refractivity (Wildman–Crippen MR) is 79.6 cm³/mol. The molecule has 2 saturated carbocycles. The lowest BCUT2D eigenvalue weighted by atomic mass is 10.0. The van der Waals surface area contributed by atoms with Crippen molar-refractivity contribution in [1.29, 1.82) is 0 Å². The number of rotatable bonds is 4. The zero-order chi connectivity index (χ0) is 13.4. The maximum Gasteiger partial charge on any atom is 0.224 e. The summed E-state index contributed by atoms with van der Waals surface area (Å²) >= 11 is 3.58. The molecule has 19 heavy (non-hydrogen) atoms. The topological polar surface area (TPSA) is 29.1 Å². The van der Waals surface area contributed by atoms with Gasteiger partial charge < -0.3 is 5.32 Å². The minimum Gasteiger partial charge on any atom is -0.349 e. The van der Waals surface area contributed by atoms with Gasteiger partial charge in [0.1, 0.15) is 0 Å². The molecule has 2 fully saturated rings. The molecule has 0 heterocycles. The molecule has 2 aliphatic rings. The molecule has 1 unspecified atom stereocenters. The van der Waals surface area contributed by atoms with E-state index in [0.29, 0.717) is 17.8 Å². The number of hydrogen-bond donors (Lipinski definition) is 1. The van der Waals surface area contributed by atoms with Crippen LogP contribution in [0.2, 0.25) is 0 Å². The van der Waals surface area contributed by atoms with Gasteiger partial charge in [-0.2, -0.15) is 0 Å². The van der Waals surface area contributed by atoms with Crippen LogP contribution < -0.4 is 5.32 Å². The first-order chi connectivity index (χ1) is 9.22. The predicted octanol–water partition coefficient (Wildman–Crippen LogP) is 4.06. The van der Waals surface area contributed by atoms with Gasteiger partial charge in [-0.15, -0.1) is 0 Å². The van der Waals surface area contributed by atoms with Gasteiger partial charge in [-0.05, 0) is 42.7 Å². The number of carbonyl (C=O) groups is 1. The molecule has 1 N–H and O–H groups in total. The second-order valence-electron chi connectivity index (χ2n) is 5.78. The van der Waals surface area contributed by atoms with Gasteiger partial charge in [0.15, 0.2) is 0 Å². The molecule has 1 amide bonds. The van der Waals surface area contributed by atoms with Crippen molar-refractivity contribution in [2.45, 2.75) is 38.6 Å². The van der Waals surface area contributed by atoms with Crippen molar-refractivity contribution in [2.24, 2.45) is 17.8 Å². The van der Waals surface area contributed by atoms with Gasteiger partial charge in [0.2, 0.25) is 5.91 Å². The van der Waals surface area contributed by atoms with Gasteiger partial charge in [-0.1, -0.05) is 47.5 Å². The number of benzene rings is 1. The first-order valence-corrected chi connectivity index (χ1v) is 8.06.